The van der Waals surface area contributed by atoms with Gasteiger partial charge in [0.25, 0.3) is 5.91 Å². The molecule has 0 saturated heterocycles. The zero-order valence-corrected chi connectivity index (χ0v) is 19.3. The largest absolute Gasteiger partial charge is 0.340 e. The number of benzene rings is 3. The van der Waals surface area contributed by atoms with Crippen LogP contribution in [0.2, 0.25) is 0 Å². The van der Waals surface area contributed by atoms with Crippen molar-refractivity contribution in [3.05, 3.63) is 96.1 Å². The lowest BCUT2D eigenvalue weighted by molar-refractivity contribution is 0.0977. The van der Waals surface area contributed by atoms with Gasteiger partial charge in [-0.3, -0.25) is 9.79 Å². The van der Waals surface area contributed by atoms with Crippen LogP contribution < -0.4 is 10.6 Å². The van der Waals surface area contributed by atoms with Gasteiger partial charge in [-0.2, -0.15) is 0 Å². The lowest BCUT2D eigenvalue weighted by atomic mass is 9.89. The minimum Gasteiger partial charge on any atom is -0.340 e. The number of para-hydroxylation sites is 1. The molecule has 6 nitrogen and oxygen atoms in total. The molecule has 0 spiro atoms. The van der Waals surface area contributed by atoms with E-state index in [4.69, 9.17) is 4.99 Å². The molecule has 0 saturated carbocycles. The van der Waals surface area contributed by atoms with Crippen molar-refractivity contribution in [2.75, 3.05) is 11.1 Å². The summed E-state index contributed by atoms with van der Waals surface area (Å²) in [6.07, 6.45) is 2.14. The first-order chi connectivity index (χ1) is 16.5. The molecule has 1 aromatic heterocycles. The van der Waals surface area contributed by atoms with Crippen LogP contribution in [0.1, 0.15) is 29.3 Å². The van der Waals surface area contributed by atoms with Gasteiger partial charge in [0.15, 0.2) is 5.17 Å². The number of carbonyl (C=O) groups is 1. The maximum atomic E-state index is 15.0. The fraction of sp³-hybridized carbons (Fsp3) is 0.154. The number of anilines is 2. The predicted molar refractivity (Wildman–Crippen MR) is 135 cm³/mol. The van der Waals surface area contributed by atoms with E-state index in [0.717, 1.165) is 10.9 Å². The molecule has 2 N–H and O–H groups in total. The number of hydrogen-bond donors (Lipinski definition) is 2. The molecular formula is C26H22FN5OS. The Kier molecular flexibility index (Phi) is 5.98. The summed E-state index contributed by atoms with van der Waals surface area (Å²) in [5, 5.41) is 7.53. The first-order valence-corrected chi connectivity index (χ1v) is 11.9. The van der Waals surface area contributed by atoms with E-state index >= 15 is 4.39 Å². The Morgan fingerprint density at radius 1 is 1.03 bits per heavy atom. The topological polar surface area (TPSA) is 79.3 Å². The molecule has 5 rings (SSSR count). The third-order valence-electron chi connectivity index (χ3n) is 5.78. The average Bonchev–Trinajstić information content (AvgIpc) is 2.86. The van der Waals surface area contributed by atoms with Gasteiger partial charge < -0.3 is 10.6 Å². The van der Waals surface area contributed by atoms with E-state index in [1.54, 1.807) is 24.3 Å². The van der Waals surface area contributed by atoms with Gasteiger partial charge in [0.2, 0.25) is 0 Å². The fourth-order valence-corrected chi connectivity index (χ4v) is 5.06. The number of nitrogens with one attached hydrogen (secondary N) is 2. The number of halogens is 1. The monoisotopic (exact) mass is 471 g/mol. The Labute approximate surface area is 200 Å². The zero-order chi connectivity index (χ0) is 23.5. The number of amides is 1. The molecule has 170 valence electrons. The third-order valence-corrected chi connectivity index (χ3v) is 6.66. The van der Waals surface area contributed by atoms with Crippen LogP contribution in [0.4, 0.5) is 15.9 Å². The minimum absolute atomic E-state index is 0.234. The van der Waals surface area contributed by atoms with Gasteiger partial charge in [0.05, 0.1) is 11.1 Å². The zero-order valence-electron chi connectivity index (χ0n) is 18.5. The van der Waals surface area contributed by atoms with E-state index in [9.17, 15) is 4.79 Å². The lowest BCUT2D eigenvalue weighted by Gasteiger charge is -2.31. The number of carbonyl (C=O) groups excluding carboxylic acids is 1. The molecule has 1 amide bonds. The van der Waals surface area contributed by atoms with Crippen LogP contribution in [0, 0.1) is 5.82 Å². The SMILES string of the molecule is CC1(c2cc(Nc3ncnc4ccccc34)ccc2F)CCSC(NC(=O)c2ccccc2)=N1. The second-order valence-electron chi connectivity index (χ2n) is 8.17. The van der Waals surface area contributed by atoms with E-state index in [-0.39, 0.29) is 11.7 Å². The first kappa shape index (κ1) is 22.0. The van der Waals surface area contributed by atoms with Crippen molar-refractivity contribution in [1.82, 2.24) is 15.3 Å². The van der Waals surface area contributed by atoms with Crippen molar-refractivity contribution in [2.24, 2.45) is 4.99 Å². The van der Waals surface area contributed by atoms with E-state index in [1.807, 2.05) is 49.4 Å². The number of aromatic nitrogens is 2. The Balaban J connectivity index is 1.44. The first-order valence-electron chi connectivity index (χ1n) is 10.9. The number of nitrogens with zero attached hydrogens (tertiary/aromatic N) is 3. The molecule has 1 aliphatic heterocycles. The van der Waals surface area contributed by atoms with E-state index in [0.29, 0.717) is 40.0 Å². The molecule has 1 atom stereocenters. The molecule has 8 heteroatoms. The standard InChI is InChI=1S/C26H22FN5OS/c1-26(13-14-34-25(32-26)31-24(33)17-7-3-2-4-8-17)20-15-18(11-12-21(20)27)30-23-19-9-5-6-10-22(19)28-16-29-23/h2-12,15-16H,13-14H2,1H3,(H,28,29,30)(H,31,32,33). The second-order valence-corrected chi connectivity index (χ2v) is 9.25. The highest BCUT2D eigenvalue weighted by Crippen LogP contribution is 2.38. The van der Waals surface area contributed by atoms with Gasteiger partial charge in [-0.25, -0.2) is 14.4 Å². The number of aliphatic imine (C=N–C) groups is 1. The van der Waals surface area contributed by atoms with Crippen molar-refractivity contribution in [3.63, 3.8) is 0 Å². The van der Waals surface area contributed by atoms with Crippen molar-refractivity contribution in [2.45, 2.75) is 18.9 Å². The smallest absolute Gasteiger partial charge is 0.257 e. The summed E-state index contributed by atoms with van der Waals surface area (Å²) in [6, 6.07) is 21.5. The minimum atomic E-state index is -0.819. The normalized spacial score (nSPS) is 17.8. The quantitative estimate of drug-likeness (QED) is 0.402. The summed E-state index contributed by atoms with van der Waals surface area (Å²) in [7, 11) is 0. The van der Waals surface area contributed by atoms with Crippen molar-refractivity contribution in [1.29, 1.82) is 0 Å². The highest BCUT2D eigenvalue weighted by molar-refractivity contribution is 8.13. The molecule has 0 aliphatic carbocycles. The maximum Gasteiger partial charge on any atom is 0.257 e. The summed E-state index contributed by atoms with van der Waals surface area (Å²) >= 11 is 1.46. The lowest BCUT2D eigenvalue weighted by Crippen LogP contribution is -2.35. The number of amidine groups is 1. The maximum absolute atomic E-state index is 15.0. The molecule has 4 aromatic rings. The van der Waals surface area contributed by atoms with Crippen LogP contribution >= 0.6 is 11.8 Å². The molecule has 0 bridgehead atoms. The van der Waals surface area contributed by atoms with E-state index < -0.39 is 5.54 Å². The fourth-order valence-electron chi connectivity index (χ4n) is 3.93. The van der Waals surface area contributed by atoms with Crippen LogP contribution in [0.5, 0.6) is 0 Å². The number of fused-ring (bicyclic) bond motifs is 1. The van der Waals surface area contributed by atoms with Crippen LogP contribution in [0.25, 0.3) is 10.9 Å². The molecule has 0 fully saturated rings. The molecule has 2 heterocycles. The molecule has 34 heavy (non-hydrogen) atoms. The van der Waals surface area contributed by atoms with Crippen LogP contribution in [-0.4, -0.2) is 26.8 Å². The van der Waals surface area contributed by atoms with Crippen LogP contribution in [-0.2, 0) is 5.54 Å². The van der Waals surface area contributed by atoms with Crippen LogP contribution in [0.15, 0.2) is 84.1 Å². The number of thioether (sulfide) groups is 1. The van der Waals surface area contributed by atoms with Crippen molar-refractivity contribution >= 4 is 45.2 Å². The van der Waals surface area contributed by atoms with Crippen molar-refractivity contribution < 1.29 is 9.18 Å². The Morgan fingerprint density at radius 2 is 1.82 bits per heavy atom. The highest BCUT2D eigenvalue weighted by atomic mass is 32.2. The van der Waals surface area contributed by atoms with Gasteiger partial charge in [0.1, 0.15) is 18.0 Å². The number of rotatable bonds is 4. The Bertz CT molecular complexity index is 1390. The molecule has 1 aliphatic rings. The van der Waals surface area contributed by atoms with E-state index in [2.05, 4.69) is 20.6 Å². The highest BCUT2D eigenvalue weighted by Gasteiger charge is 2.33. The molecule has 0 radical (unpaired) electrons. The number of hydrogen-bond acceptors (Lipinski definition) is 6. The van der Waals surface area contributed by atoms with Crippen molar-refractivity contribution in [3.8, 4) is 0 Å². The molecule has 3 aromatic carbocycles. The van der Waals surface area contributed by atoms with Gasteiger partial charge in [0, 0.05) is 28.0 Å². The summed E-state index contributed by atoms with van der Waals surface area (Å²) in [5.41, 5.74) is 1.71. The predicted octanol–water partition coefficient (Wildman–Crippen LogP) is 5.65. The van der Waals surface area contributed by atoms with Gasteiger partial charge in [-0.15, -0.1) is 0 Å². The second kappa shape index (κ2) is 9.23. The third kappa shape index (κ3) is 4.49. The van der Waals surface area contributed by atoms with Gasteiger partial charge in [-0.1, -0.05) is 42.1 Å². The average molecular weight is 472 g/mol. The molecule has 1 unspecified atom stereocenters. The summed E-state index contributed by atoms with van der Waals surface area (Å²) in [6.45, 7) is 1.89. The molecular weight excluding hydrogens is 449 g/mol. The van der Waals surface area contributed by atoms with Gasteiger partial charge in [-0.05, 0) is 55.8 Å². The summed E-state index contributed by atoms with van der Waals surface area (Å²) in [4.78, 5) is 26.0. The Morgan fingerprint density at radius 3 is 2.68 bits per heavy atom. The Hall–Kier alpha value is -3.78. The van der Waals surface area contributed by atoms with E-state index in [1.165, 1.54) is 24.2 Å². The summed E-state index contributed by atoms with van der Waals surface area (Å²) < 4.78 is 15.0. The summed E-state index contributed by atoms with van der Waals surface area (Å²) in [5.74, 6) is 0.775. The van der Waals surface area contributed by atoms with Crippen LogP contribution in [0.3, 0.4) is 0 Å². The van der Waals surface area contributed by atoms with Gasteiger partial charge >= 0.3 is 0 Å².